The molecular weight excluding hydrogens is 388 g/mol. The van der Waals surface area contributed by atoms with Gasteiger partial charge in [-0.3, -0.25) is 0 Å². The molecule has 0 N–H and O–H groups in total. The maximum atomic E-state index is 3.92. The molecule has 0 fully saturated rings. The van der Waals surface area contributed by atoms with Crippen LogP contribution in [0.4, 0.5) is 0 Å². The molecule has 0 saturated carbocycles. The number of benzene rings is 3. The van der Waals surface area contributed by atoms with E-state index in [1.807, 2.05) is 0 Å². The first-order valence-electron chi connectivity index (χ1n) is 6.96. The summed E-state index contributed by atoms with van der Waals surface area (Å²) in [5.41, 5.74) is 5.20. The van der Waals surface area contributed by atoms with Crippen LogP contribution in [0.5, 0.6) is 0 Å². The Hall–Kier alpha value is -1.12. The van der Waals surface area contributed by atoms with Crippen molar-refractivity contribution in [2.45, 2.75) is 18.7 Å². The smallest absolute Gasteiger partial charge is 0.0664 e. The highest BCUT2D eigenvalue weighted by Crippen LogP contribution is 2.40. The molecule has 21 heavy (non-hydrogen) atoms. The average Bonchev–Trinajstić information content (AvgIpc) is 2.49. The fourth-order valence-corrected chi connectivity index (χ4v) is 4.52. The van der Waals surface area contributed by atoms with Crippen LogP contribution in [-0.2, 0) is 0 Å². The Bertz CT molecular complexity index is 806. The van der Waals surface area contributed by atoms with Gasteiger partial charge in [0.15, 0.2) is 0 Å². The summed E-state index contributed by atoms with van der Waals surface area (Å²) < 4.78 is 1.14. The molecule has 2 heteroatoms. The number of halogens is 2. The van der Waals surface area contributed by atoms with Gasteiger partial charge >= 0.3 is 0 Å². The van der Waals surface area contributed by atoms with Gasteiger partial charge in [0.1, 0.15) is 0 Å². The standard InChI is InChI=1S/C19H16Br2/c1-12-7-10-17(20)16(11-12)19(21)18-13(2)8-9-14-5-3-4-6-15(14)18/h3-11,19H,1-2H3. The van der Waals surface area contributed by atoms with Crippen LogP contribution in [0.15, 0.2) is 59.1 Å². The maximum Gasteiger partial charge on any atom is 0.0664 e. The molecule has 0 saturated heterocycles. The Kier molecular flexibility index (Phi) is 4.19. The third-order valence-electron chi connectivity index (χ3n) is 3.87. The van der Waals surface area contributed by atoms with E-state index in [1.165, 1.54) is 33.0 Å². The number of alkyl halides is 1. The molecule has 0 aromatic heterocycles. The van der Waals surface area contributed by atoms with Crippen molar-refractivity contribution in [1.29, 1.82) is 0 Å². The Labute approximate surface area is 142 Å². The Morgan fingerprint density at radius 3 is 2.48 bits per heavy atom. The van der Waals surface area contributed by atoms with Gasteiger partial charge in [0, 0.05) is 4.47 Å². The lowest BCUT2D eigenvalue weighted by Crippen LogP contribution is -1.99. The molecule has 0 amide bonds. The minimum atomic E-state index is 0.179. The first-order chi connectivity index (χ1) is 10.1. The first kappa shape index (κ1) is 14.8. The van der Waals surface area contributed by atoms with Crippen molar-refractivity contribution in [1.82, 2.24) is 0 Å². The van der Waals surface area contributed by atoms with Gasteiger partial charge in [0.2, 0.25) is 0 Å². The molecule has 0 nitrogen and oxygen atoms in total. The molecule has 3 rings (SSSR count). The van der Waals surface area contributed by atoms with Gasteiger partial charge in [-0.25, -0.2) is 0 Å². The maximum absolute atomic E-state index is 3.92. The van der Waals surface area contributed by atoms with Crippen LogP contribution >= 0.6 is 31.9 Å². The molecule has 0 aliphatic rings. The average molecular weight is 404 g/mol. The second-order valence-electron chi connectivity index (χ2n) is 5.40. The van der Waals surface area contributed by atoms with Crippen LogP contribution in [0.25, 0.3) is 10.8 Å². The van der Waals surface area contributed by atoms with E-state index >= 15 is 0 Å². The van der Waals surface area contributed by atoms with Crippen LogP contribution in [0.1, 0.15) is 27.1 Å². The summed E-state index contributed by atoms with van der Waals surface area (Å²) in [6, 6.07) is 19.5. The summed E-state index contributed by atoms with van der Waals surface area (Å²) in [5.74, 6) is 0. The highest BCUT2D eigenvalue weighted by molar-refractivity contribution is 9.11. The van der Waals surface area contributed by atoms with Gasteiger partial charge in [-0.2, -0.15) is 0 Å². The number of rotatable bonds is 2. The quantitative estimate of drug-likeness (QED) is 0.417. The summed E-state index contributed by atoms with van der Waals surface area (Å²) in [6.07, 6.45) is 0. The van der Waals surface area contributed by atoms with Crippen molar-refractivity contribution in [3.63, 3.8) is 0 Å². The molecule has 0 bridgehead atoms. The molecule has 1 unspecified atom stereocenters. The molecule has 0 aliphatic carbocycles. The zero-order chi connectivity index (χ0) is 15.0. The van der Waals surface area contributed by atoms with Gasteiger partial charge in [-0.15, -0.1) is 0 Å². The largest absolute Gasteiger partial charge is 0.0786 e. The van der Waals surface area contributed by atoms with E-state index in [9.17, 15) is 0 Å². The molecular formula is C19H16Br2. The van der Waals surface area contributed by atoms with Crippen LogP contribution in [0, 0.1) is 13.8 Å². The van der Waals surface area contributed by atoms with Gasteiger partial charge in [0.25, 0.3) is 0 Å². The topological polar surface area (TPSA) is 0 Å². The molecule has 0 radical (unpaired) electrons. The lowest BCUT2D eigenvalue weighted by atomic mass is 9.94. The number of aryl methyl sites for hydroxylation is 2. The van der Waals surface area contributed by atoms with Gasteiger partial charge in [-0.1, -0.05) is 86.0 Å². The second kappa shape index (κ2) is 5.94. The van der Waals surface area contributed by atoms with Crippen LogP contribution in [-0.4, -0.2) is 0 Å². The second-order valence-corrected chi connectivity index (χ2v) is 7.17. The number of hydrogen-bond donors (Lipinski definition) is 0. The molecule has 106 valence electrons. The third kappa shape index (κ3) is 2.79. The lowest BCUT2D eigenvalue weighted by molar-refractivity contribution is 1.14. The van der Waals surface area contributed by atoms with Crippen molar-refractivity contribution in [3.05, 3.63) is 81.3 Å². The van der Waals surface area contributed by atoms with E-state index in [0.717, 1.165) is 4.47 Å². The molecule has 3 aromatic rings. The van der Waals surface area contributed by atoms with Gasteiger partial charge in [-0.05, 0) is 47.4 Å². The lowest BCUT2D eigenvalue weighted by Gasteiger charge is -2.18. The molecule has 1 atom stereocenters. The Balaban J connectivity index is 2.24. The Morgan fingerprint density at radius 1 is 0.905 bits per heavy atom. The molecule has 0 spiro atoms. The first-order valence-corrected chi connectivity index (χ1v) is 8.67. The SMILES string of the molecule is Cc1ccc(Br)c(C(Br)c2c(C)ccc3ccccc23)c1. The summed E-state index contributed by atoms with van der Waals surface area (Å²) in [6.45, 7) is 4.31. The Morgan fingerprint density at radius 2 is 1.67 bits per heavy atom. The number of hydrogen-bond acceptors (Lipinski definition) is 0. The number of fused-ring (bicyclic) bond motifs is 1. The van der Waals surface area contributed by atoms with Crippen molar-refractivity contribution >= 4 is 42.6 Å². The van der Waals surface area contributed by atoms with E-state index in [1.54, 1.807) is 0 Å². The monoisotopic (exact) mass is 402 g/mol. The highest BCUT2D eigenvalue weighted by Gasteiger charge is 2.18. The van der Waals surface area contributed by atoms with E-state index in [4.69, 9.17) is 0 Å². The van der Waals surface area contributed by atoms with Gasteiger partial charge in [0.05, 0.1) is 4.83 Å². The minimum Gasteiger partial charge on any atom is -0.0786 e. The third-order valence-corrected chi connectivity index (χ3v) is 5.54. The minimum absolute atomic E-state index is 0.179. The van der Waals surface area contributed by atoms with Crippen molar-refractivity contribution in [2.24, 2.45) is 0 Å². The predicted octanol–water partition coefficient (Wildman–Crippen LogP) is 6.70. The normalized spacial score (nSPS) is 12.6. The zero-order valence-electron chi connectivity index (χ0n) is 12.0. The van der Waals surface area contributed by atoms with Crippen LogP contribution in [0.3, 0.4) is 0 Å². The molecule has 3 aromatic carbocycles. The van der Waals surface area contributed by atoms with E-state index in [2.05, 4.69) is 100 Å². The summed E-state index contributed by atoms with van der Waals surface area (Å²) in [5, 5.41) is 2.60. The molecule has 0 heterocycles. The molecule has 0 aliphatic heterocycles. The van der Waals surface area contributed by atoms with Crippen molar-refractivity contribution < 1.29 is 0 Å². The highest BCUT2D eigenvalue weighted by atomic mass is 79.9. The van der Waals surface area contributed by atoms with E-state index in [-0.39, 0.29) is 4.83 Å². The predicted molar refractivity (Wildman–Crippen MR) is 98.3 cm³/mol. The van der Waals surface area contributed by atoms with Crippen molar-refractivity contribution in [2.75, 3.05) is 0 Å². The van der Waals surface area contributed by atoms with Gasteiger partial charge < -0.3 is 0 Å². The summed E-state index contributed by atoms with van der Waals surface area (Å²) in [4.78, 5) is 0.179. The fourth-order valence-electron chi connectivity index (χ4n) is 2.75. The van der Waals surface area contributed by atoms with E-state index < -0.39 is 0 Å². The van der Waals surface area contributed by atoms with Crippen LogP contribution < -0.4 is 0 Å². The fraction of sp³-hybridized carbons (Fsp3) is 0.158. The zero-order valence-corrected chi connectivity index (χ0v) is 15.2. The summed E-state index contributed by atoms with van der Waals surface area (Å²) in [7, 11) is 0. The summed E-state index contributed by atoms with van der Waals surface area (Å²) >= 11 is 7.61. The van der Waals surface area contributed by atoms with Crippen LogP contribution in [0.2, 0.25) is 0 Å². The van der Waals surface area contributed by atoms with Crippen molar-refractivity contribution in [3.8, 4) is 0 Å². The van der Waals surface area contributed by atoms with E-state index in [0.29, 0.717) is 0 Å².